The average molecular weight is 330 g/mol. The molecule has 1 amide bonds. The number of hydrogen-bond acceptors (Lipinski definition) is 3. The molecule has 0 radical (unpaired) electrons. The number of nitrogens with one attached hydrogen (secondary N) is 1. The molecule has 0 aliphatic heterocycles. The fourth-order valence-corrected chi connectivity index (χ4v) is 7.23. The van der Waals surface area contributed by atoms with E-state index in [0.29, 0.717) is 5.41 Å². The van der Waals surface area contributed by atoms with Crippen molar-refractivity contribution in [1.29, 1.82) is 0 Å². The van der Waals surface area contributed by atoms with Crippen molar-refractivity contribution in [3.8, 4) is 0 Å². The Kier molecular flexibility index (Phi) is 3.33. The van der Waals surface area contributed by atoms with Crippen molar-refractivity contribution in [2.45, 2.75) is 69.6 Å². The van der Waals surface area contributed by atoms with Crippen molar-refractivity contribution >= 4 is 22.4 Å². The molecule has 5 aliphatic carbocycles. The number of aromatic nitrogens is 1. The fraction of sp³-hybridized carbons (Fsp3) is 0.789. The van der Waals surface area contributed by atoms with Gasteiger partial charge >= 0.3 is 0 Å². The van der Waals surface area contributed by atoms with E-state index in [9.17, 15) is 4.79 Å². The predicted molar refractivity (Wildman–Crippen MR) is 92.6 cm³/mol. The maximum absolute atomic E-state index is 12.3. The largest absolute Gasteiger partial charge is 0.302 e. The molecule has 1 aromatic rings. The van der Waals surface area contributed by atoms with Gasteiger partial charge in [-0.15, -0.1) is 11.3 Å². The van der Waals surface area contributed by atoms with Crippen LogP contribution in [0.4, 0.5) is 5.13 Å². The SMILES string of the molecule is O=C(Nc1nc(C23CC4CC(CC(C4)C2)C3)cs1)C1CCCC1. The van der Waals surface area contributed by atoms with Gasteiger partial charge in [0, 0.05) is 16.7 Å². The molecule has 0 unspecified atom stereocenters. The Morgan fingerprint density at radius 3 is 2.30 bits per heavy atom. The molecule has 0 atom stereocenters. The van der Waals surface area contributed by atoms with Gasteiger partial charge in [0.15, 0.2) is 5.13 Å². The summed E-state index contributed by atoms with van der Waals surface area (Å²) in [4.78, 5) is 17.2. The summed E-state index contributed by atoms with van der Waals surface area (Å²) >= 11 is 1.64. The van der Waals surface area contributed by atoms with Crippen LogP contribution in [0.25, 0.3) is 0 Å². The van der Waals surface area contributed by atoms with E-state index in [1.165, 1.54) is 57.1 Å². The highest BCUT2D eigenvalue weighted by molar-refractivity contribution is 7.13. The molecule has 5 aliphatic rings. The van der Waals surface area contributed by atoms with Gasteiger partial charge < -0.3 is 5.32 Å². The lowest BCUT2D eigenvalue weighted by molar-refractivity contribution is -0.119. The number of rotatable bonds is 3. The van der Waals surface area contributed by atoms with Crippen LogP contribution in [0.3, 0.4) is 0 Å². The topological polar surface area (TPSA) is 42.0 Å². The van der Waals surface area contributed by atoms with Crippen LogP contribution in [0.2, 0.25) is 0 Å². The molecular weight excluding hydrogens is 304 g/mol. The zero-order chi connectivity index (χ0) is 15.4. The zero-order valence-electron chi connectivity index (χ0n) is 13.7. The van der Waals surface area contributed by atoms with E-state index in [-0.39, 0.29) is 11.8 Å². The standard InChI is InChI=1S/C19H26N2OS/c22-17(15-3-1-2-4-15)21-18-20-16(11-23-18)19-8-12-5-13(9-19)7-14(6-12)10-19/h11-15H,1-10H2,(H,20,21,22). The molecule has 124 valence electrons. The van der Waals surface area contributed by atoms with Crippen molar-refractivity contribution in [3.05, 3.63) is 11.1 Å². The van der Waals surface area contributed by atoms with E-state index in [2.05, 4.69) is 10.7 Å². The minimum Gasteiger partial charge on any atom is -0.302 e. The normalized spacial score (nSPS) is 39.0. The third kappa shape index (κ3) is 2.45. The van der Waals surface area contributed by atoms with E-state index >= 15 is 0 Å². The molecular formula is C19H26N2OS. The zero-order valence-corrected chi connectivity index (χ0v) is 14.5. The summed E-state index contributed by atoms with van der Waals surface area (Å²) in [6, 6.07) is 0. The lowest BCUT2D eigenvalue weighted by atomic mass is 9.49. The van der Waals surface area contributed by atoms with Crippen LogP contribution in [0.1, 0.15) is 69.9 Å². The van der Waals surface area contributed by atoms with Crippen molar-refractivity contribution in [1.82, 2.24) is 4.98 Å². The van der Waals surface area contributed by atoms with Gasteiger partial charge in [0.1, 0.15) is 0 Å². The van der Waals surface area contributed by atoms with Crippen LogP contribution < -0.4 is 5.32 Å². The van der Waals surface area contributed by atoms with Gasteiger partial charge in [-0.25, -0.2) is 4.98 Å². The van der Waals surface area contributed by atoms with Gasteiger partial charge in [0.05, 0.1) is 5.69 Å². The second kappa shape index (κ2) is 5.30. The molecule has 5 fully saturated rings. The molecule has 3 nitrogen and oxygen atoms in total. The van der Waals surface area contributed by atoms with Crippen molar-refractivity contribution in [3.63, 3.8) is 0 Å². The number of carbonyl (C=O) groups is 1. The average Bonchev–Trinajstić information content (AvgIpc) is 3.17. The minimum absolute atomic E-state index is 0.203. The smallest absolute Gasteiger partial charge is 0.229 e. The summed E-state index contributed by atoms with van der Waals surface area (Å²) in [6.07, 6.45) is 13.0. The van der Waals surface area contributed by atoms with Gasteiger partial charge in [0.2, 0.25) is 5.91 Å². The van der Waals surface area contributed by atoms with Crippen LogP contribution in [-0.4, -0.2) is 10.9 Å². The molecule has 0 spiro atoms. The molecule has 5 saturated carbocycles. The third-order valence-electron chi connectivity index (χ3n) is 7.04. The molecule has 4 bridgehead atoms. The molecule has 1 heterocycles. The molecule has 23 heavy (non-hydrogen) atoms. The molecule has 0 aromatic carbocycles. The number of thiazole rings is 1. The molecule has 1 N–H and O–H groups in total. The molecule has 6 rings (SSSR count). The van der Waals surface area contributed by atoms with Gasteiger partial charge in [-0.2, -0.15) is 0 Å². The van der Waals surface area contributed by atoms with Crippen molar-refractivity contribution in [2.24, 2.45) is 23.7 Å². The summed E-state index contributed by atoms with van der Waals surface area (Å²) in [5, 5.41) is 6.19. The van der Waals surface area contributed by atoms with Crippen LogP contribution in [0, 0.1) is 23.7 Å². The first kappa shape index (κ1) is 14.4. The Labute approximate surface area is 142 Å². The lowest BCUT2D eigenvalue weighted by Crippen LogP contribution is -2.48. The summed E-state index contributed by atoms with van der Waals surface area (Å²) in [5.41, 5.74) is 1.64. The Balaban J connectivity index is 1.34. The number of nitrogens with zero attached hydrogens (tertiary/aromatic N) is 1. The first-order valence-corrected chi connectivity index (χ1v) is 10.3. The van der Waals surface area contributed by atoms with E-state index in [4.69, 9.17) is 4.98 Å². The van der Waals surface area contributed by atoms with Crippen molar-refractivity contribution in [2.75, 3.05) is 5.32 Å². The molecule has 4 heteroatoms. The summed E-state index contributed by atoms with van der Waals surface area (Å²) in [6.45, 7) is 0. The summed E-state index contributed by atoms with van der Waals surface area (Å²) < 4.78 is 0. The first-order valence-electron chi connectivity index (χ1n) is 9.47. The summed E-state index contributed by atoms with van der Waals surface area (Å²) in [5.74, 6) is 3.26. The van der Waals surface area contributed by atoms with E-state index in [0.717, 1.165) is 35.7 Å². The molecule has 1 aromatic heterocycles. The van der Waals surface area contributed by atoms with Crippen molar-refractivity contribution < 1.29 is 4.79 Å². The number of anilines is 1. The van der Waals surface area contributed by atoms with Gasteiger partial charge in [-0.3, -0.25) is 4.79 Å². The quantitative estimate of drug-likeness (QED) is 0.870. The fourth-order valence-electron chi connectivity index (χ4n) is 6.39. The maximum Gasteiger partial charge on any atom is 0.229 e. The highest BCUT2D eigenvalue weighted by Crippen LogP contribution is 2.60. The Morgan fingerprint density at radius 1 is 1.09 bits per heavy atom. The van der Waals surface area contributed by atoms with E-state index in [1.54, 1.807) is 11.3 Å². The van der Waals surface area contributed by atoms with Crippen LogP contribution in [-0.2, 0) is 10.2 Å². The van der Waals surface area contributed by atoms with Gasteiger partial charge in [0.25, 0.3) is 0 Å². The number of amides is 1. The highest BCUT2D eigenvalue weighted by atomic mass is 32.1. The Bertz CT molecular complexity index is 581. The lowest BCUT2D eigenvalue weighted by Gasteiger charge is -2.56. The maximum atomic E-state index is 12.3. The monoisotopic (exact) mass is 330 g/mol. The summed E-state index contributed by atoms with van der Waals surface area (Å²) in [7, 11) is 0. The second-order valence-corrected chi connectivity index (χ2v) is 9.56. The van der Waals surface area contributed by atoms with Crippen LogP contribution in [0.15, 0.2) is 5.38 Å². The number of hydrogen-bond donors (Lipinski definition) is 1. The third-order valence-corrected chi connectivity index (χ3v) is 7.80. The highest BCUT2D eigenvalue weighted by Gasteiger charge is 2.52. The van der Waals surface area contributed by atoms with Gasteiger partial charge in [-0.1, -0.05) is 12.8 Å². The van der Waals surface area contributed by atoms with E-state index in [1.807, 2.05) is 0 Å². The predicted octanol–water partition coefficient (Wildman–Crippen LogP) is 4.74. The minimum atomic E-state index is 0.203. The van der Waals surface area contributed by atoms with Crippen LogP contribution >= 0.6 is 11.3 Å². The van der Waals surface area contributed by atoms with Crippen LogP contribution in [0.5, 0.6) is 0 Å². The van der Waals surface area contributed by atoms with Gasteiger partial charge in [-0.05, 0) is 69.1 Å². The Morgan fingerprint density at radius 2 is 1.70 bits per heavy atom. The van der Waals surface area contributed by atoms with E-state index < -0.39 is 0 Å². The Hall–Kier alpha value is -0.900. The first-order chi connectivity index (χ1) is 11.2. The molecule has 0 saturated heterocycles. The number of carbonyl (C=O) groups excluding carboxylic acids is 1. The second-order valence-electron chi connectivity index (χ2n) is 8.71.